The van der Waals surface area contributed by atoms with Gasteiger partial charge in [0.1, 0.15) is 0 Å². The van der Waals surface area contributed by atoms with Gasteiger partial charge < -0.3 is 15.5 Å². The summed E-state index contributed by atoms with van der Waals surface area (Å²) in [6.07, 6.45) is 3.65. The number of nitrogens with zero attached hydrogens (tertiary/aromatic N) is 1. The third-order valence-corrected chi connectivity index (χ3v) is 5.27. The van der Waals surface area contributed by atoms with E-state index in [1.54, 1.807) is 0 Å². The molecule has 2 aromatic rings. The molecule has 0 radical (unpaired) electrons. The summed E-state index contributed by atoms with van der Waals surface area (Å²) in [5.41, 5.74) is 3.17. The lowest BCUT2D eigenvalue weighted by Gasteiger charge is -2.32. The highest BCUT2D eigenvalue weighted by atomic mass is 16.2. The molecule has 2 aromatic carbocycles. The molecule has 2 N–H and O–H groups in total. The zero-order valence-corrected chi connectivity index (χ0v) is 16.5. The molecular formula is C23H29N3O2. The maximum Gasteiger partial charge on any atom is 0.317 e. The summed E-state index contributed by atoms with van der Waals surface area (Å²) in [6, 6.07) is 18.2. The molecule has 1 fully saturated rings. The molecule has 3 amide bonds. The van der Waals surface area contributed by atoms with Gasteiger partial charge in [0.25, 0.3) is 0 Å². The molecule has 0 aliphatic carbocycles. The van der Waals surface area contributed by atoms with Crippen LogP contribution in [0.5, 0.6) is 0 Å². The number of anilines is 1. The topological polar surface area (TPSA) is 61.4 Å². The molecule has 1 aliphatic rings. The van der Waals surface area contributed by atoms with Crippen molar-refractivity contribution in [3.8, 4) is 0 Å². The number of carbonyl (C=O) groups is 2. The van der Waals surface area contributed by atoms with Crippen molar-refractivity contribution in [1.82, 2.24) is 10.2 Å². The first kappa shape index (κ1) is 19.9. The first-order valence-corrected chi connectivity index (χ1v) is 10.1. The van der Waals surface area contributed by atoms with Crippen LogP contribution in [0.25, 0.3) is 0 Å². The fourth-order valence-electron chi connectivity index (χ4n) is 3.53. The monoisotopic (exact) mass is 379 g/mol. The molecule has 1 saturated heterocycles. The highest BCUT2D eigenvalue weighted by Crippen LogP contribution is 2.21. The van der Waals surface area contributed by atoms with Crippen molar-refractivity contribution in [3.63, 3.8) is 0 Å². The lowest BCUT2D eigenvalue weighted by Crippen LogP contribution is -2.44. The number of carbonyl (C=O) groups excluding carboxylic acids is 2. The van der Waals surface area contributed by atoms with Crippen LogP contribution in [0, 0.1) is 5.92 Å². The minimum atomic E-state index is -0.00304. The van der Waals surface area contributed by atoms with Crippen LogP contribution in [0.3, 0.4) is 0 Å². The van der Waals surface area contributed by atoms with Crippen LogP contribution < -0.4 is 10.6 Å². The van der Waals surface area contributed by atoms with Gasteiger partial charge in [-0.15, -0.1) is 0 Å². The molecule has 148 valence electrons. The largest absolute Gasteiger partial charge is 0.334 e. The minimum Gasteiger partial charge on any atom is -0.334 e. The highest BCUT2D eigenvalue weighted by molar-refractivity contribution is 5.90. The molecule has 1 heterocycles. The Bertz CT molecular complexity index is 766. The predicted octanol–water partition coefficient (Wildman–Crippen LogP) is 4.20. The molecule has 0 unspecified atom stereocenters. The summed E-state index contributed by atoms with van der Waals surface area (Å²) >= 11 is 0. The van der Waals surface area contributed by atoms with Gasteiger partial charge in [0.15, 0.2) is 0 Å². The smallest absolute Gasteiger partial charge is 0.317 e. The van der Waals surface area contributed by atoms with Crippen molar-refractivity contribution in [1.29, 1.82) is 0 Å². The van der Waals surface area contributed by atoms with E-state index < -0.39 is 0 Å². The number of piperidine rings is 1. The average molecular weight is 380 g/mol. The summed E-state index contributed by atoms with van der Waals surface area (Å²) in [6.45, 7) is 3.94. The molecule has 5 heteroatoms. The number of amides is 3. The van der Waals surface area contributed by atoms with Crippen molar-refractivity contribution < 1.29 is 9.59 Å². The van der Waals surface area contributed by atoms with E-state index in [-0.39, 0.29) is 11.9 Å². The highest BCUT2D eigenvalue weighted by Gasteiger charge is 2.22. The standard InChI is InChI=1S/C23H29N3O2/c1-2-22(27)25-21-10-8-20(9-11-21)17-24-23(28)26-14-12-19(13-15-26)16-18-6-4-3-5-7-18/h3-11,19H,2,12-17H2,1H3,(H,24,28)(H,25,27). The molecule has 3 rings (SSSR count). The van der Waals surface area contributed by atoms with Crippen molar-refractivity contribution in [2.75, 3.05) is 18.4 Å². The van der Waals surface area contributed by atoms with Gasteiger partial charge in [0.2, 0.25) is 5.91 Å². The SMILES string of the molecule is CCC(=O)Nc1ccc(CNC(=O)N2CCC(Cc3ccccc3)CC2)cc1. The maximum absolute atomic E-state index is 12.4. The van der Waals surface area contributed by atoms with Crippen LogP contribution in [0.15, 0.2) is 54.6 Å². The summed E-state index contributed by atoms with van der Waals surface area (Å²) < 4.78 is 0. The minimum absolute atomic E-state index is 0.00141. The molecule has 0 spiro atoms. The maximum atomic E-state index is 12.4. The van der Waals surface area contributed by atoms with Crippen molar-refractivity contribution in [2.45, 2.75) is 39.2 Å². The Morgan fingerprint density at radius 3 is 2.29 bits per heavy atom. The second-order valence-corrected chi connectivity index (χ2v) is 7.38. The fourth-order valence-corrected chi connectivity index (χ4v) is 3.53. The second-order valence-electron chi connectivity index (χ2n) is 7.38. The summed E-state index contributed by atoms with van der Waals surface area (Å²) in [5, 5.41) is 5.83. The van der Waals surface area contributed by atoms with Gasteiger partial charge in [-0.3, -0.25) is 4.79 Å². The predicted molar refractivity (Wildman–Crippen MR) is 112 cm³/mol. The molecule has 1 aliphatic heterocycles. The Morgan fingerprint density at radius 2 is 1.64 bits per heavy atom. The molecule has 0 aromatic heterocycles. The van der Waals surface area contributed by atoms with Gasteiger partial charge in [0.05, 0.1) is 0 Å². The Hall–Kier alpha value is -2.82. The Balaban J connectivity index is 1.40. The van der Waals surface area contributed by atoms with E-state index in [2.05, 4.69) is 34.9 Å². The molecule has 0 bridgehead atoms. The first-order valence-electron chi connectivity index (χ1n) is 10.1. The van der Waals surface area contributed by atoms with Crippen LogP contribution in [-0.4, -0.2) is 29.9 Å². The first-order chi connectivity index (χ1) is 13.6. The van der Waals surface area contributed by atoms with Crippen molar-refractivity contribution >= 4 is 17.6 Å². The van der Waals surface area contributed by atoms with Crippen molar-refractivity contribution in [3.05, 3.63) is 65.7 Å². The van der Waals surface area contributed by atoms with Gasteiger partial charge in [-0.1, -0.05) is 49.4 Å². The fraction of sp³-hybridized carbons (Fsp3) is 0.391. The van der Waals surface area contributed by atoms with Gasteiger partial charge in [-0.05, 0) is 48.4 Å². The zero-order valence-electron chi connectivity index (χ0n) is 16.5. The summed E-state index contributed by atoms with van der Waals surface area (Å²) in [5.74, 6) is 0.647. The quantitative estimate of drug-likeness (QED) is 0.790. The van der Waals surface area contributed by atoms with Crippen LogP contribution in [0.2, 0.25) is 0 Å². The Labute approximate surface area is 167 Å². The van der Waals surface area contributed by atoms with Crippen LogP contribution in [0.4, 0.5) is 10.5 Å². The van der Waals surface area contributed by atoms with E-state index in [0.717, 1.165) is 43.6 Å². The van der Waals surface area contributed by atoms with E-state index >= 15 is 0 Å². The normalized spacial score (nSPS) is 14.5. The number of hydrogen-bond donors (Lipinski definition) is 2. The van der Waals surface area contributed by atoms with Crippen LogP contribution in [0.1, 0.15) is 37.3 Å². The van der Waals surface area contributed by atoms with E-state index in [9.17, 15) is 9.59 Å². The number of hydrogen-bond acceptors (Lipinski definition) is 2. The van der Waals surface area contributed by atoms with E-state index in [1.165, 1.54) is 5.56 Å². The summed E-state index contributed by atoms with van der Waals surface area (Å²) in [4.78, 5) is 25.8. The molecule has 28 heavy (non-hydrogen) atoms. The van der Waals surface area contributed by atoms with Crippen LogP contribution in [-0.2, 0) is 17.8 Å². The molecule has 0 saturated carbocycles. The third-order valence-electron chi connectivity index (χ3n) is 5.27. The molecule has 0 atom stereocenters. The second kappa shape index (κ2) is 9.93. The van der Waals surface area contributed by atoms with E-state index in [0.29, 0.717) is 18.9 Å². The molecular weight excluding hydrogens is 350 g/mol. The number of benzene rings is 2. The zero-order chi connectivity index (χ0) is 19.8. The lowest BCUT2D eigenvalue weighted by molar-refractivity contribution is -0.115. The third kappa shape index (κ3) is 5.84. The number of nitrogens with one attached hydrogen (secondary N) is 2. The van der Waals surface area contributed by atoms with Gasteiger partial charge in [-0.2, -0.15) is 0 Å². The Morgan fingerprint density at radius 1 is 0.964 bits per heavy atom. The van der Waals surface area contributed by atoms with Gasteiger partial charge >= 0.3 is 6.03 Å². The summed E-state index contributed by atoms with van der Waals surface area (Å²) in [7, 11) is 0. The average Bonchev–Trinajstić information content (AvgIpc) is 2.74. The Kier molecular flexibility index (Phi) is 7.06. The van der Waals surface area contributed by atoms with E-state index in [1.807, 2.05) is 42.2 Å². The van der Waals surface area contributed by atoms with Crippen molar-refractivity contribution in [2.24, 2.45) is 5.92 Å². The number of likely N-dealkylation sites (tertiary alicyclic amines) is 1. The van der Waals surface area contributed by atoms with Gasteiger partial charge in [0, 0.05) is 31.7 Å². The van der Waals surface area contributed by atoms with Crippen LogP contribution >= 0.6 is 0 Å². The number of rotatable bonds is 6. The number of urea groups is 1. The van der Waals surface area contributed by atoms with E-state index in [4.69, 9.17) is 0 Å². The van der Waals surface area contributed by atoms with Gasteiger partial charge in [-0.25, -0.2) is 4.79 Å². The lowest BCUT2D eigenvalue weighted by atomic mass is 9.90. The molecule has 5 nitrogen and oxygen atoms in total.